The highest BCUT2D eigenvalue weighted by atomic mass is 14.2. The topological polar surface area (TPSA) is 0 Å². The van der Waals surface area contributed by atoms with Gasteiger partial charge in [-0.2, -0.15) is 0 Å². The van der Waals surface area contributed by atoms with Crippen molar-refractivity contribution in [2.75, 3.05) is 0 Å². The summed E-state index contributed by atoms with van der Waals surface area (Å²) in [4.78, 5) is 0. The molecule has 0 heteroatoms. The van der Waals surface area contributed by atoms with Crippen LogP contribution in [0.2, 0.25) is 0 Å². The molecule has 0 bridgehead atoms. The maximum atomic E-state index is 2.27. The molecule has 0 aliphatic carbocycles. The van der Waals surface area contributed by atoms with Crippen LogP contribution in [0, 0.1) is 6.92 Å². The number of hydrogen-bond donors (Lipinski definition) is 0. The summed E-state index contributed by atoms with van der Waals surface area (Å²) in [5.41, 5.74) is 6.43. The van der Waals surface area contributed by atoms with Crippen molar-refractivity contribution in [3.8, 4) is 22.3 Å². The maximum absolute atomic E-state index is 2.27. The molecular formula is C27H20. The van der Waals surface area contributed by atoms with Gasteiger partial charge in [0, 0.05) is 0 Å². The van der Waals surface area contributed by atoms with Crippen molar-refractivity contribution in [3.05, 3.63) is 109 Å². The second kappa shape index (κ2) is 6.41. The monoisotopic (exact) mass is 344 g/mol. The quantitative estimate of drug-likeness (QED) is 0.309. The van der Waals surface area contributed by atoms with Crippen LogP contribution in [0.4, 0.5) is 0 Å². The van der Waals surface area contributed by atoms with Crippen LogP contribution in [-0.2, 0) is 0 Å². The molecule has 0 aliphatic heterocycles. The Morgan fingerprint density at radius 1 is 0.481 bits per heavy atom. The molecule has 0 amide bonds. The third kappa shape index (κ3) is 2.71. The van der Waals surface area contributed by atoms with Crippen molar-refractivity contribution in [2.24, 2.45) is 0 Å². The molecule has 0 atom stereocenters. The van der Waals surface area contributed by atoms with Crippen molar-refractivity contribution in [1.29, 1.82) is 0 Å². The van der Waals surface area contributed by atoms with E-state index >= 15 is 0 Å². The van der Waals surface area contributed by atoms with E-state index in [1.54, 1.807) is 0 Å². The van der Waals surface area contributed by atoms with Gasteiger partial charge in [-0.3, -0.25) is 0 Å². The predicted octanol–water partition coefficient (Wildman–Crippen LogP) is 7.64. The standard InChI is InChI=1S/C27H20/c1-19-8-4-13-22(18-19)24-15-6-11-21-12-7-17-26(27(21)24)25-16-5-10-20-9-2-3-14-23(20)25/h2-18H,1H3. The molecule has 5 aromatic carbocycles. The average molecular weight is 344 g/mol. The van der Waals surface area contributed by atoms with Gasteiger partial charge in [-0.15, -0.1) is 0 Å². The summed E-state index contributed by atoms with van der Waals surface area (Å²) in [6.07, 6.45) is 0. The van der Waals surface area contributed by atoms with Crippen LogP contribution in [0.5, 0.6) is 0 Å². The van der Waals surface area contributed by atoms with Gasteiger partial charge in [-0.25, -0.2) is 0 Å². The van der Waals surface area contributed by atoms with Gasteiger partial charge in [0.05, 0.1) is 0 Å². The summed E-state index contributed by atoms with van der Waals surface area (Å²) in [5.74, 6) is 0. The number of fused-ring (bicyclic) bond motifs is 2. The molecule has 128 valence electrons. The Bertz CT molecular complexity index is 1270. The highest BCUT2D eigenvalue weighted by Crippen LogP contribution is 2.39. The highest BCUT2D eigenvalue weighted by molar-refractivity contribution is 6.10. The maximum Gasteiger partial charge on any atom is -0.00266 e. The SMILES string of the molecule is Cc1cccc(-c2cccc3cccc(-c4cccc5ccccc45)c23)c1. The summed E-state index contributed by atoms with van der Waals surface area (Å²) >= 11 is 0. The van der Waals surface area contributed by atoms with E-state index in [0.29, 0.717) is 0 Å². The smallest absolute Gasteiger partial charge is 0.00266 e. The van der Waals surface area contributed by atoms with Crippen LogP contribution in [0.15, 0.2) is 103 Å². The van der Waals surface area contributed by atoms with Crippen molar-refractivity contribution in [2.45, 2.75) is 6.92 Å². The lowest BCUT2D eigenvalue weighted by molar-refractivity contribution is 1.47. The lowest BCUT2D eigenvalue weighted by Crippen LogP contribution is -1.88. The molecule has 0 saturated heterocycles. The Hall–Kier alpha value is -3.38. The molecule has 0 aliphatic rings. The van der Waals surface area contributed by atoms with E-state index in [1.165, 1.54) is 49.4 Å². The van der Waals surface area contributed by atoms with Crippen molar-refractivity contribution in [1.82, 2.24) is 0 Å². The first-order valence-corrected chi connectivity index (χ1v) is 9.38. The summed E-state index contributed by atoms with van der Waals surface area (Å²) in [6, 6.07) is 37.2. The Balaban J connectivity index is 1.89. The molecule has 0 unspecified atom stereocenters. The first kappa shape index (κ1) is 15.8. The summed E-state index contributed by atoms with van der Waals surface area (Å²) in [5, 5.41) is 5.17. The first-order chi connectivity index (χ1) is 13.3. The van der Waals surface area contributed by atoms with Gasteiger partial charge in [-0.05, 0) is 50.7 Å². The van der Waals surface area contributed by atoms with Gasteiger partial charge in [0.2, 0.25) is 0 Å². The fraction of sp³-hybridized carbons (Fsp3) is 0.0370. The Kier molecular flexibility index (Phi) is 3.76. The molecule has 5 aromatic rings. The molecule has 0 N–H and O–H groups in total. The van der Waals surface area contributed by atoms with Crippen molar-refractivity contribution < 1.29 is 0 Å². The van der Waals surface area contributed by atoms with Gasteiger partial charge in [0.25, 0.3) is 0 Å². The third-order valence-electron chi connectivity index (χ3n) is 5.31. The predicted molar refractivity (Wildman–Crippen MR) is 117 cm³/mol. The zero-order valence-corrected chi connectivity index (χ0v) is 15.3. The van der Waals surface area contributed by atoms with E-state index in [1.807, 2.05) is 0 Å². The average Bonchev–Trinajstić information content (AvgIpc) is 2.72. The fourth-order valence-electron chi connectivity index (χ4n) is 4.08. The van der Waals surface area contributed by atoms with Crippen molar-refractivity contribution in [3.63, 3.8) is 0 Å². The molecule has 0 saturated carbocycles. The van der Waals surface area contributed by atoms with Gasteiger partial charge < -0.3 is 0 Å². The zero-order chi connectivity index (χ0) is 18.2. The minimum Gasteiger partial charge on any atom is -0.0616 e. The van der Waals surface area contributed by atoms with E-state index in [2.05, 4.69) is 110 Å². The van der Waals surface area contributed by atoms with E-state index in [9.17, 15) is 0 Å². The lowest BCUT2D eigenvalue weighted by atomic mass is 9.89. The van der Waals surface area contributed by atoms with Gasteiger partial charge in [0.15, 0.2) is 0 Å². The molecule has 0 nitrogen and oxygen atoms in total. The molecule has 5 rings (SSSR count). The molecular weight excluding hydrogens is 324 g/mol. The Labute approximate surface area is 159 Å². The van der Waals surface area contributed by atoms with Crippen LogP contribution in [0.3, 0.4) is 0 Å². The second-order valence-corrected chi connectivity index (χ2v) is 7.11. The number of benzene rings is 5. The number of rotatable bonds is 2. The van der Waals surface area contributed by atoms with Gasteiger partial charge in [0.1, 0.15) is 0 Å². The van der Waals surface area contributed by atoms with Crippen LogP contribution < -0.4 is 0 Å². The first-order valence-electron chi connectivity index (χ1n) is 9.38. The molecule has 0 fully saturated rings. The van der Waals surface area contributed by atoms with E-state index in [4.69, 9.17) is 0 Å². The van der Waals surface area contributed by atoms with Crippen LogP contribution in [-0.4, -0.2) is 0 Å². The second-order valence-electron chi connectivity index (χ2n) is 7.11. The van der Waals surface area contributed by atoms with Crippen LogP contribution in [0.25, 0.3) is 43.8 Å². The van der Waals surface area contributed by atoms with Gasteiger partial charge in [-0.1, -0.05) is 109 Å². The molecule has 27 heavy (non-hydrogen) atoms. The normalized spacial score (nSPS) is 11.1. The highest BCUT2D eigenvalue weighted by Gasteiger charge is 2.12. The van der Waals surface area contributed by atoms with Crippen LogP contribution >= 0.6 is 0 Å². The van der Waals surface area contributed by atoms with Crippen molar-refractivity contribution >= 4 is 21.5 Å². The number of hydrogen-bond acceptors (Lipinski definition) is 0. The minimum absolute atomic E-state index is 1.27. The molecule has 0 aromatic heterocycles. The summed E-state index contributed by atoms with van der Waals surface area (Å²) in [6.45, 7) is 2.15. The zero-order valence-electron chi connectivity index (χ0n) is 15.3. The largest absolute Gasteiger partial charge is 0.0616 e. The lowest BCUT2D eigenvalue weighted by Gasteiger charge is -2.14. The van der Waals surface area contributed by atoms with E-state index < -0.39 is 0 Å². The summed E-state index contributed by atoms with van der Waals surface area (Å²) in [7, 11) is 0. The molecule has 0 heterocycles. The molecule has 0 spiro atoms. The van der Waals surface area contributed by atoms with Crippen LogP contribution in [0.1, 0.15) is 5.56 Å². The van der Waals surface area contributed by atoms with E-state index in [-0.39, 0.29) is 0 Å². The Morgan fingerprint density at radius 2 is 1.11 bits per heavy atom. The fourth-order valence-corrected chi connectivity index (χ4v) is 4.08. The minimum atomic E-state index is 1.27. The van der Waals surface area contributed by atoms with Gasteiger partial charge >= 0.3 is 0 Å². The molecule has 0 radical (unpaired) electrons. The Morgan fingerprint density at radius 3 is 1.93 bits per heavy atom. The third-order valence-corrected chi connectivity index (χ3v) is 5.31. The summed E-state index contributed by atoms with van der Waals surface area (Å²) < 4.78 is 0. The number of aryl methyl sites for hydroxylation is 1. The van der Waals surface area contributed by atoms with E-state index in [0.717, 1.165) is 0 Å².